The summed E-state index contributed by atoms with van der Waals surface area (Å²) in [6.45, 7) is 0.325. The van der Waals surface area contributed by atoms with Gasteiger partial charge < -0.3 is 4.18 Å². The predicted molar refractivity (Wildman–Crippen MR) is 69.1 cm³/mol. The van der Waals surface area contributed by atoms with Gasteiger partial charge in [-0.3, -0.25) is 15.1 Å². The smallest absolute Gasteiger partial charge is 0.374 e. The fraction of sp³-hybridized carbons (Fsp3) is 0.182. The van der Waals surface area contributed by atoms with E-state index in [1.165, 1.54) is 17.3 Å². The number of hydrogen-bond donors (Lipinski definition) is 1. The fourth-order valence-corrected chi connectivity index (χ4v) is 2.48. The first kappa shape index (κ1) is 14.5. The number of rotatable bonds is 3. The fourth-order valence-electron chi connectivity index (χ4n) is 2.01. The Morgan fingerprint density at radius 2 is 2.14 bits per heavy atom. The Labute approximate surface area is 123 Å². The van der Waals surface area contributed by atoms with Crippen LogP contribution in [0.3, 0.4) is 0 Å². The molecule has 2 aliphatic rings. The van der Waals surface area contributed by atoms with Gasteiger partial charge in [-0.2, -0.15) is 26.7 Å². The first-order valence-electron chi connectivity index (χ1n) is 5.95. The lowest BCUT2D eigenvalue weighted by Gasteiger charge is -2.31. The summed E-state index contributed by atoms with van der Waals surface area (Å²) in [6, 6.07) is 0. The van der Waals surface area contributed by atoms with Crippen molar-refractivity contribution in [1.82, 2.24) is 15.2 Å². The van der Waals surface area contributed by atoms with Crippen molar-refractivity contribution >= 4 is 15.8 Å². The number of fused-ring (bicyclic) bond motifs is 1. The van der Waals surface area contributed by atoms with Crippen molar-refractivity contribution in [2.24, 2.45) is 0 Å². The van der Waals surface area contributed by atoms with Crippen molar-refractivity contribution in [2.45, 2.75) is 5.51 Å². The van der Waals surface area contributed by atoms with Crippen LogP contribution < -0.4 is 5.01 Å². The lowest BCUT2D eigenvalue weighted by atomic mass is 10.3. The molecule has 0 fully saturated rings. The molecule has 1 aromatic rings. The second-order valence-electron chi connectivity index (χ2n) is 4.33. The molecule has 1 aromatic heterocycles. The van der Waals surface area contributed by atoms with Crippen molar-refractivity contribution < 1.29 is 25.8 Å². The van der Waals surface area contributed by atoms with E-state index >= 15 is 0 Å². The molecule has 0 atom stereocenters. The van der Waals surface area contributed by atoms with Crippen molar-refractivity contribution in [3.8, 4) is 0 Å². The lowest BCUT2D eigenvalue weighted by Crippen LogP contribution is -2.35. The normalized spacial score (nSPS) is 18.1. The Morgan fingerprint density at radius 3 is 2.77 bits per heavy atom. The molecule has 0 aromatic carbocycles. The molecular weight excluding hydrogens is 325 g/mol. The van der Waals surface area contributed by atoms with Gasteiger partial charge in [-0.1, -0.05) is 0 Å². The maximum atomic E-state index is 12.4. The Morgan fingerprint density at radius 1 is 1.36 bits per heavy atom. The third kappa shape index (κ3) is 2.32. The molecule has 3 rings (SSSR count). The highest BCUT2D eigenvalue weighted by molar-refractivity contribution is 7.87. The number of alkyl halides is 3. The van der Waals surface area contributed by atoms with Gasteiger partial charge in [0.25, 0.3) is 0 Å². The zero-order valence-corrected chi connectivity index (χ0v) is 11.6. The minimum absolute atomic E-state index is 0.205. The first-order chi connectivity index (χ1) is 10.3. The van der Waals surface area contributed by atoms with E-state index in [9.17, 15) is 21.6 Å². The van der Waals surface area contributed by atoms with Crippen molar-refractivity contribution in [3.63, 3.8) is 0 Å². The summed E-state index contributed by atoms with van der Waals surface area (Å²) < 4.78 is 63.7. The molecule has 0 saturated heterocycles. The minimum atomic E-state index is -5.71. The molecule has 7 nitrogen and oxygen atoms in total. The van der Waals surface area contributed by atoms with E-state index in [1.54, 1.807) is 23.5 Å². The van der Waals surface area contributed by atoms with Crippen molar-refractivity contribution in [3.05, 3.63) is 48.3 Å². The summed E-state index contributed by atoms with van der Waals surface area (Å²) >= 11 is 0. The minimum Gasteiger partial charge on any atom is -0.374 e. The van der Waals surface area contributed by atoms with Crippen LogP contribution in [0.25, 0.3) is 0 Å². The summed E-state index contributed by atoms with van der Waals surface area (Å²) in [6.07, 6.45) is 8.78. The van der Waals surface area contributed by atoms with Crippen molar-refractivity contribution in [2.75, 3.05) is 11.6 Å². The molecule has 11 heteroatoms. The van der Waals surface area contributed by atoms with Crippen LogP contribution in [0.2, 0.25) is 0 Å². The summed E-state index contributed by atoms with van der Waals surface area (Å²) in [5.74, 6) is -0.397. The molecule has 0 spiro atoms. The number of anilines is 1. The molecule has 0 amide bonds. The van der Waals surface area contributed by atoms with Gasteiger partial charge in [-0.15, -0.1) is 0 Å². The Bertz CT molecular complexity index is 765. The topological polar surface area (TPSA) is 78.5 Å². The number of hydrogen-bond acceptors (Lipinski definition) is 6. The standard InChI is InChI=1S/C11H9F3N4O3S/c12-11(13,14)22(19,20)21-10-2-1-4-18-9(10)3-5-17(18)8-6-15-16-7-8/h1-4,6-7H,5H2,(H,15,16). The summed E-state index contributed by atoms with van der Waals surface area (Å²) in [4.78, 5) is 0. The van der Waals surface area contributed by atoms with Gasteiger partial charge >= 0.3 is 15.6 Å². The second-order valence-corrected chi connectivity index (χ2v) is 5.87. The van der Waals surface area contributed by atoms with Gasteiger partial charge in [0.1, 0.15) is 5.70 Å². The molecule has 22 heavy (non-hydrogen) atoms. The van der Waals surface area contributed by atoms with Crippen LogP contribution in [-0.4, -0.2) is 35.7 Å². The molecule has 0 aliphatic carbocycles. The van der Waals surface area contributed by atoms with E-state index < -0.39 is 21.4 Å². The first-order valence-corrected chi connectivity index (χ1v) is 7.36. The quantitative estimate of drug-likeness (QED) is 0.668. The highest BCUT2D eigenvalue weighted by atomic mass is 32.2. The predicted octanol–water partition coefficient (Wildman–Crippen LogP) is 1.61. The number of hydrazine groups is 1. The Balaban J connectivity index is 1.85. The van der Waals surface area contributed by atoms with Gasteiger partial charge in [0.2, 0.25) is 0 Å². The number of aromatic nitrogens is 2. The summed E-state index contributed by atoms with van der Waals surface area (Å²) in [5, 5.41) is 9.55. The van der Waals surface area contributed by atoms with Crippen LogP contribution >= 0.6 is 0 Å². The number of nitrogens with one attached hydrogen (secondary N) is 1. The van der Waals surface area contributed by atoms with Gasteiger partial charge in [0.05, 0.1) is 18.4 Å². The number of halogens is 3. The molecule has 118 valence electrons. The second kappa shape index (κ2) is 4.80. The van der Waals surface area contributed by atoms with E-state index in [-0.39, 0.29) is 5.70 Å². The van der Waals surface area contributed by atoms with Gasteiger partial charge in [-0.05, 0) is 18.2 Å². The van der Waals surface area contributed by atoms with E-state index in [2.05, 4.69) is 14.4 Å². The molecule has 2 aliphatic heterocycles. The van der Waals surface area contributed by atoms with Crippen LogP contribution in [0.15, 0.2) is 48.3 Å². The van der Waals surface area contributed by atoms with Crippen LogP contribution in [-0.2, 0) is 14.3 Å². The maximum Gasteiger partial charge on any atom is 0.534 e. The molecular formula is C11H9F3N4O3S. The van der Waals surface area contributed by atoms with Crippen LogP contribution in [0, 0.1) is 0 Å². The van der Waals surface area contributed by atoms with E-state index in [4.69, 9.17) is 0 Å². The highest BCUT2D eigenvalue weighted by Gasteiger charge is 2.49. The third-order valence-corrected chi connectivity index (χ3v) is 3.92. The SMILES string of the molecule is O=S(=O)(OC1=CC=CN2C1=CCN2c1cn[nH]c1)C(F)(F)F. The van der Waals surface area contributed by atoms with E-state index in [0.29, 0.717) is 12.2 Å². The van der Waals surface area contributed by atoms with E-state index in [0.717, 1.165) is 6.08 Å². The maximum absolute atomic E-state index is 12.4. The Kier molecular flexibility index (Phi) is 3.16. The van der Waals surface area contributed by atoms with Gasteiger partial charge in [-0.25, -0.2) is 0 Å². The molecule has 3 heterocycles. The number of nitrogens with zero attached hydrogens (tertiary/aromatic N) is 3. The zero-order chi connectivity index (χ0) is 16.0. The van der Waals surface area contributed by atoms with E-state index in [1.807, 2.05) is 0 Å². The average Bonchev–Trinajstić information content (AvgIpc) is 3.05. The molecule has 0 saturated carbocycles. The summed E-state index contributed by atoms with van der Waals surface area (Å²) in [7, 11) is -5.71. The monoisotopic (exact) mass is 334 g/mol. The largest absolute Gasteiger partial charge is 0.534 e. The molecule has 0 bridgehead atoms. The molecule has 0 unspecified atom stereocenters. The van der Waals surface area contributed by atoms with Crippen LogP contribution in [0.5, 0.6) is 0 Å². The Hall–Kier alpha value is -2.43. The zero-order valence-electron chi connectivity index (χ0n) is 10.8. The number of H-pyrrole nitrogens is 1. The summed E-state index contributed by atoms with van der Waals surface area (Å²) in [5.41, 5.74) is -4.61. The molecule has 0 radical (unpaired) electrons. The third-order valence-electron chi connectivity index (χ3n) is 2.96. The highest BCUT2D eigenvalue weighted by Crippen LogP contribution is 2.35. The number of allylic oxidation sites excluding steroid dienone is 2. The van der Waals surface area contributed by atoms with Gasteiger partial charge in [0.15, 0.2) is 5.76 Å². The van der Waals surface area contributed by atoms with Gasteiger partial charge in [0, 0.05) is 12.4 Å². The lowest BCUT2D eigenvalue weighted by molar-refractivity contribution is -0.0521. The number of aromatic amines is 1. The van der Waals surface area contributed by atoms with Crippen LogP contribution in [0.1, 0.15) is 0 Å². The van der Waals surface area contributed by atoms with Crippen LogP contribution in [0.4, 0.5) is 18.9 Å². The average molecular weight is 334 g/mol. The van der Waals surface area contributed by atoms with Crippen molar-refractivity contribution in [1.29, 1.82) is 0 Å². The molecule has 1 N–H and O–H groups in total.